The van der Waals surface area contributed by atoms with Crippen LogP contribution in [0.4, 0.5) is 0 Å². The van der Waals surface area contributed by atoms with Gasteiger partial charge in [0.2, 0.25) is 0 Å². The number of esters is 1. The van der Waals surface area contributed by atoms with Crippen molar-refractivity contribution >= 4 is 5.97 Å². The SMILES string of the molecule is CC1=CC(=O)O[C@@H]1CC[C@H](C)CCC[C@H](C)CCCC(C)C. The van der Waals surface area contributed by atoms with Crippen LogP contribution in [0, 0.1) is 17.8 Å². The fourth-order valence-electron chi connectivity index (χ4n) is 3.25. The van der Waals surface area contributed by atoms with Crippen molar-refractivity contribution in [2.24, 2.45) is 17.8 Å². The van der Waals surface area contributed by atoms with E-state index in [0.29, 0.717) is 0 Å². The Labute approximate surface area is 137 Å². The van der Waals surface area contributed by atoms with E-state index >= 15 is 0 Å². The van der Waals surface area contributed by atoms with E-state index in [9.17, 15) is 4.79 Å². The van der Waals surface area contributed by atoms with E-state index in [4.69, 9.17) is 4.74 Å². The molecule has 0 N–H and O–H groups in total. The average molecular weight is 309 g/mol. The highest BCUT2D eigenvalue weighted by atomic mass is 16.5. The molecule has 0 amide bonds. The molecule has 0 saturated carbocycles. The van der Waals surface area contributed by atoms with Gasteiger partial charge in [-0.25, -0.2) is 4.79 Å². The van der Waals surface area contributed by atoms with E-state index in [1.165, 1.54) is 38.5 Å². The van der Waals surface area contributed by atoms with Crippen molar-refractivity contribution in [1.29, 1.82) is 0 Å². The van der Waals surface area contributed by atoms with Gasteiger partial charge in [0.25, 0.3) is 0 Å². The summed E-state index contributed by atoms with van der Waals surface area (Å²) in [6.45, 7) is 11.4. The lowest BCUT2D eigenvalue weighted by atomic mass is 9.91. The fourth-order valence-corrected chi connectivity index (χ4v) is 3.25. The minimum absolute atomic E-state index is 0.0462. The van der Waals surface area contributed by atoms with Gasteiger partial charge in [-0.2, -0.15) is 0 Å². The summed E-state index contributed by atoms with van der Waals surface area (Å²) in [4.78, 5) is 11.2. The maximum Gasteiger partial charge on any atom is 0.331 e. The van der Waals surface area contributed by atoms with Crippen LogP contribution in [-0.4, -0.2) is 12.1 Å². The average Bonchev–Trinajstić information content (AvgIpc) is 2.74. The Bertz CT molecular complexity index is 357. The Balaban J connectivity index is 2.05. The molecule has 0 fully saturated rings. The van der Waals surface area contributed by atoms with Gasteiger partial charge < -0.3 is 4.74 Å². The van der Waals surface area contributed by atoms with Gasteiger partial charge in [0.1, 0.15) is 6.10 Å². The number of hydrogen-bond acceptors (Lipinski definition) is 2. The van der Waals surface area contributed by atoms with Crippen LogP contribution in [0.1, 0.15) is 86.0 Å². The standard InChI is InChI=1S/C20H36O2/c1-15(2)8-6-9-16(3)10-7-11-17(4)12-13-19-18(5)14-20(21)22-19/h14-17,19H,6-13H2,1-5H3/t16-,17-,19-/m1/s1. The third kappa shape index (κ3) is 8.00. The van der Waals surface area contributed by atoms with Crippen molar-refractivity contribution in [3.05, 3.63) is 11.6 Å². The summed E-state index contributed by atoms with van der Waals surface area (Å²) in [6, 6.07) is 0. The Hall–Kier alpha value is -0.790. The number of rotatable bonds is 11. The third-order valence-corrected chi connectivity index (χ3v) is 4.91. The second-order valence-electron chi connectivity index (χ2n) is 7.86. The summed E-state index contributed by atoms with van der Waals surface area (Å²) in [7, 11) is 0. The second kappa shape index (κ2) is 10.1. The highest BCUT2D eigenvalue weighted by Crippen LogP contribution is 2.25. The van der Waals surface area contributed by atoms with Gasteiger partial charge in [-0.05, 0) is 43.1 Å². The number of carbonyl (C=O) groups excluding carboxylic acids is 1. The molecule has 128 valence electrons. The molecule has 0 saturated heterocycles. The van der Waals surface area contributed by atoms with Crippen LogP contribution in [0.25, 0.3) is 0 Å². The number of carbonyl (C=O) groups is 1. The zero-order valence-corrected chi connectivity index (χ0v) is 15.4. The van der Waals surface area contributed by atoms with E-state index in [1.807, 2.05) is 6.92 Å². The summed E-state index contributed by atoms with van der Waals surface area (Å²) in [5.74, 6) is 2.28. The Morgan fingerprint density at radius 1 is 0.955 bits per heavy atom. The van der Waals surface area contributed by atoms with Crippen molar-refractivity contribution in [3.63, 3.8) is 0 Å². The molecule has 2 heteroatoms. The molecule has 3 atom stereocenters. The topological polar surface area (TPSA) is 26.3 Å². The number of ether oxygens (including phenoxy) is 1. The maximum atomic E-state index is 11.2. The monoisotopic (exact) mass is 308 g/mol. The molecule has 0 aromatic heterocycles. The quantitative estimate of drug-likeness (QED) is 0.444. The van der Waals surface area contributed by atoms with E-state index in [0.717, 1.165) is 36.2 Å². The molecular formula is C20H36O2. The zero-order valence-electron chi connectivity index (χ0n) is 15.4. The molecule has 1 heterocycles. The van der Waals surface area contributed by atoms with Crippen molar-refractivity contribution in [1.82, 2.24) is 0 Å². The van der Waals surface area contributed by atoms with Crippen LogP contribution in [0.15, 0.2) is 11.6 Å². The van der Waals surface area contributed by atoms with Crippen molar-refractivity contribution < 1.29 is 9.53 Å². The van der Waals surface area contributed by atoms with Gasteiger partial charge in [-0.1, -0.05) is 66.2 Å². The molecule has 0 aliphatic carbocycles. The minimum atomic E-state index is -0.162. The van der Waals surface area contributed by atoms with Gasteiger partial charge >= 0.3 is 5.97 Å². The molecule has 22 heavy (non-hydrogen) atoms. The predicted octanol–water partition coefficient (Wildman–Crippen LogP) is 5.91. The lowest BCUT2D eigenvalue weighted by Crippen LogP contribution is -2.12. The summed E-state index contributed by atoms with van der Waals surface area (Å²) in [6.07, 6.45) is 12.0. The van der Waals surface area contributed by atoms with Crippen molar-refractivity contribution in [2.45, 2.75) is 92.1 Å². The lowest BCUT2D eigenvalue weighted by Gasteiger charge is -2.17. The largest absolute Gasteiger partial charge is 0.455 e. The summed E-state index contributed by atoms with van der Waals surface area (Å²) in [5.41, 5.74) is 1.09. The van der Waals surface area contributed by atoms with Crippen LogP contribution in [0.3, 0.4) is 0 Å². The summed E-state index contributed by atoms with van der Waals surface area (Å²) >= 11 is 0. The molecular weight excluding hydrogens is 272 g/mol. The highest BCUT2D eigenvalue weighted by Gasteiger charge is 2.22. The Morgan fingerprint density at radius 3 is 2.00 bits per heavy atom. The van der Waals surface area contributed by atoms with Gasteiger partial charge in [0.05, 0.1) is 0 Å². The second-order valence-corrected chi connectivity index (χ2v) is 7.86. The van der Waals surface area contributed by atoms with Crippen LogP contribution in [0.2, 0.25) is 0 Å². The van der Waals surface area contributed by atoms with Crippen LogP contribution in [-0.2, 0) is 9.53 Å². The van der Waals surface area contributed by atoms with Crippen LogP contribution in [0.5, 0.6) is 0 Å². The highest BCUT2D eigenvalue weighted by molar-refractivity contribution is 5.85. The molecule has 0 aromatic carbocycles. The molecule has 0 unspecified atom stereocenters. The first kappa shape index (κ1) is 19.3. The first-order chi connectivity index (χ1) is 10.4. The Kier molecular flexibility index (Phi) is 8.82. The van der Waals surface area contributed by atoms with Crippen LogP contribution >= 0.6 is 0 Å². The van der Waals surface area contributed by atoms with E-state index in [-0.39, 0.29) is 12.1 Å². The molecule has 1 rings (SSSR count). The van der Waals surface area contributed by atoms with Crippen molar-refractivity contribution in [3.8, 4) is 0 Å². The lowest BCUT2D eigenvalue weighted by molar-refractivity contribution is -0.139. The van der Waals surface area contributed by atoms with Gasteiger partial charge in [-0.3, -0.25) is 0 Å². The van der Waals surface area contributed by atoms with Gasteiger partial charge in [-0.15, -0.1) is 0 Å². The first-order valence-corrected chi connectivity index (χ1v) is 9.27. The van der Waals surface area contributed by atoms with Crippen LogP contribution < -0.4 is 0 Å². The molecule has 1 aliphatic heterocycles. The normalized spacial score (nSPS) is 20.9. The van der Waals surface area contributed by atoms with E-state index < -0.39 is 0 Å². The van der Waals surface area contributed by atoms with E-state index in [1.54, 1.807) is 6.08 Å². The third-order valence-electron chi connectivity index (χ3n) is 4.91. The fraction of sp³-hybridized carbons (Fsp3) is 0.850. The van der Waals surface area contributed by atoms with Crippen molar-refractivity contribution in [2.75, 3.05) is 0 Å². The molecule has 0 spiro atoms. The minimum Gasteiger partial charge on any atom is -0.455 e. The summed E-state index contributed by atoms with van der Waals surface area (Å²) < 4.78 is 5.30. The van der Waals surface area contributed by atoms with Gasteiger partial charge in [0, 0.05) is 6.08 Å². The summed E-state index contributed by atoms with van der Waals surface area (Å²) in [5, 5.41) is 0. The number of cyclic esters (lactones) is 1. The molecule has 0 bridgehead atoms. The molecule has 0 aromatic rings. The molecule has 2 nitrogen and oxygen atoms in total. The number of hydrogen-bond donors (Lipinski definition) is 0. The maximum absolute atomic E-state index is 11.2. The van der Waals surface area contributed by atoms with Gasteiger partial charge in [0.15, 0.2) is 0 Å². The zero-order chi connectivity index (χ0) is 16.5. The molecule has 0 radical (unpaired) electrons. The molecule has 1 aliphatic rings. The Morgan fingerprint density at radius 2 is 1.50 bits per heavy atom. The smallest absolute Gasteiger partial charge is 0.331 e. The van der Waals surface area contributed by atoms with E-state index in [2.05, 4.69) is 27.7 Å². The first-order valence-electron chi connectivity index (χ1n) is 9.27. The predicted molar refractivity (Wildman–Crippen MR) is 93.7 cm³/mol.